The summed E-state index contributed by atoms with van der Waals surface area (Å²) in [7, 11) is 0. The molecule has 0 amide bonds. The first-order chi connectivity index (χ1) is 11.8. The molecule has 2 aliphatic rings. The minimum Gasteiger partial charge on any atom is -0.334 e. The lowest BCUT2D eigenvalue weighted by molar-refractivity contribution is 0.0959. The zero-order valence-electron chi connectivity index (χ0n) is 14.2. The minimum absolute atomic E-state index is 0.612. The largest absolute Gasteiger partial charge is 0.334 e. The van der Waals surface area contributed by atoms with Crippen LogP contribution in [0.5, 0.6) is 0 Å². The fourth-order valence-corrected chi connectivity index (χ4v) is 3.57. The van der Waals surface area contributed by atoms with Crippen molar-refractivity contribution < 1.29 is 4.52 Å². The average Bonchev–Trinajstić information content (AvgIpc) is 3.28. The zero-order valence-corrected chi connectivity index (χ0v) is 14.2. The van der Waals surface area contributed by atoms with Gasteiger partial charge in [-0.05, 0) is 32.0 Å². The highest BCUT2D eigenvalue weighted by atomic mass is 16.5. The number of hydrogen-bond donors (Lipinski definition) is 1. The Kier molecular flexibility index (Phi) is 4.60. The Bertz CT molecular complexity index is 654. The van der Waals surface area contributed by atoms with Crippen molar-refractivity contribution in [2.45, 2.75) is 25.9 Å². The minimum atomic E-state index is 0.612. The molecule has 4 rings (SSSR count). The summed E-state index contributed by atoms with van der Waals surface area (Å²) in [5.74, 6) is 1.39. The van der Waals surface area contributed by atoms with Crippen LogP contribution >= 0.6 is 0 Å². The maximum atomic E-state index is 5.43. The molecule has 0 bridgehead atoms. The van der Waals surface area contributed by atoms with Crippen LogP contribution in [-0.4, -0.2) is 65.3 Å². The third-order valence-electron chi connectivity index (χ3n) is 5.09. The fraction of sp³-hybridized carbons (Fsp3) is 0.556. The van der Waals surface area contributed by atoms with Crippen LogP contribution in [0.4, 0.5) is 0 Å². The average molecular weight is 327 g/mol. The van der Waals surface area contributed by atoms with E-state index in [1.807, 2.05) is 12.1 Å². The molecule has 6 heteroatoms. The number of rotatable bonds is 4. The van der Waals surface area contributed by atoms with Gasteiger partial charge in [0.2, 0.25) is 0 Å². The number of piperazine rings is 1. The van der Waals surface area contributed by atoms with E-state index in [1.165, 1.54) is 12.0 Å². The van der Waals surface area contributed by atoms with Crippen molar-refractivity contribution in [3.63, 3.8) is 0 Å². The molecule has 1 unspecified atom stereocenters. The number of nitrogens with one attached hydrogen (secondary N) is 1. The van der Waals surface area contributed by atoms with E-state index >= 15 is 0 Å². The number of aryl methyl sites for hydroxylation is 1. The normalized spacial score (nSPS) is 23.0. The molecule has 0 saturated carbocycles. The van der Waals surface area contributed by atoms with Gasteiger partial charge in [0.1, 0.15) is 0 Å². The van der Waals surface area contributed by atoms with Crippen molar-refractivity contribution in [2.75, 3.05) is 39.3 Å². The highest BCUT2D eigenvalue weighted by Gasteiger charge is 2.26. The van der Waals surface area contributed by atoms with Gasteiger partial charge in [-0.15, -0.1) is 0 Å². The second-order valence-electron chi connectivity index (χ2n) is 6.84. The van der Waals surface area contributed by atoms with Gasteiger partial charge in [-0.25, -0.2) is 0 Å². The van der Waals surface area contributed by atoms with E-state index in [-0.39, 0.29) is 0 Å². The molecule has 1 N–H and O–H groups in total. The summed E-state index contributed by atoms with van der Waals surface area (Å²) in [4.78, 5) is 9.59. The van der Waals surface area contributed by atoms with Gasteiger partial charge in [0, 0.05) is 44.3 Å². The third kappa shape index (κ3) is 3.50. The SMILES string of the molecule is Cc1ccc(-c2nc(CN3CCN(C4CCNC4)CC3)no2)cc1. The first-order valence-electron chi connectivity index (χ1n) is 8.85. The number of benzene rings is 1. The van der Waals surface area contributed by atoms with Crippen LogP contribution < -0.4 is 5.32 Å². The van der Waals surface area contributed by atoms with Crippen molar-refractivity contribution in [3.05, 3.63) is 35.7 Å². The van der Waals surface area contributed by atoms with Crippen molar-refractivity contribution in [1.29, 1.82) is 0 Å². The predicted octanol–water partition coefficient (Wildman–Crippen LogP) is 1.52. The van der Waals surface area contributed by atoms with Crippen LogP contribution in [0, 0.1) is 6.92 Å². The van der Waals surface area contributed by atoms with Gasteiger partial charge in [-0.2, -0.15) is 4.98 Å². The first kappa shape index (κ1) is 15.7. The van der Waals surface area contributed by atoms with Crippen LogP contribution in [0.15, 0.2) is 28.8 Å². The van der Waals surface area contributed by atoms with Crippen LogP contribution in [0.2, 0.25) is 0 Å². The van der Waals surface area contributed by atoms with Gasteiger partial charge in [-0.1, -0.05) is 22.9 Å². The van der Waals surface area contributed by atoms with Gasteiger partial charge in [0.25, 0.3) is 5.89 Å². The summed E-state index contributed by atoms with van der Waals surface area (Å²) >= 11 is 0. The van der Waals surface area contributed by atoms with Crippen LogP contribution in [-0.2, 0) is 6.54 Å². The Balaban J connectivity index is 1.32. The number of nitrogens with zero attached hydrogens (tertiary/aromatic N) is 4. The monoisotopic (exact) mass is 327 g/mol. The molecule has 2 fully saturated rings. The molecule has 2 aliphatic heterocycles. The lowest BCUT2D eigenvalue weighted by Crippen LogP contribution is -2.50. The molecule has 24 heavy (non-hydrogen) atoms. The molecule has 6 nitrogen and oxygen atoms in total. The molecule has 1 aromatic carbocycles. The maximum absolute atomic E-state index is 5.43. The second kappa shape index (κ2) is 7.01. The highest BCUT2D eigenvalue weighted by Crippen LogP contribution is 2.19. The molecule has 2 saturated heterocycles. The summed E-state index contributed by atoms with van der Waals surface area (Å²) in [5, 5.41) is 7.61. The van der Waals surface area contributed by atoms with Crippen molar-refractivity contribution in [1.82, 2.24) is 25.3 Å². The standard InChI is InChI=1S/C18H25N5O/c1-14-2-4-15(5-3-14)18-20-17(21-24-18)13-22-8-10-23(11-9-22)16-6-7-19-12-16/h2-5,16,19H,6-13H2,1H3. The van der Waals surface area contributed by atoms with Gasteiger partial charge in [0.15, 0.2) is 5.82 Å². The van der Waals surface area contributed by atoms with Gasteiger partial charge in [0.05, 0.1) is 6.54 Å². The van der Waals surface area contributed by atoms with E-state index in [1.54, 1.807) is 0 Å². The molecule has 3 heterocycles. The molecule has 0 spiro atoms. The molecule has 1 atom stereocenters. The van der Waals surface area contributed by atoms with E-state index in [4.69, 9.17) is 4.52 Å². The molecule has 0 aliphatic carbocycles. The highest BCUT2D eigenvalue weighted by molar-refractivity contribution is 5.53. The summed E-state index contributed by atoms with van der Waals surface area (Å²) < 4.78 is 5.43. The molecule has 1 aromatic heterocycles. The van der Waals surface area contributed by atoms with E-state index in [0.29, 0.717) is 5.89 Å². The summed E-state index contributed by atoms with van der Waals surface area (Å²) in [6.07, 6.45) is 1.28. The van der Waals surface area contributed by atoms with Gasteiger partial charge < -0.3 is 9.84 Å². The maximum Gasteiger partial charge on any atom is 0.257 e. The molecule has 128 valence electrons. The predicted molar refractivity (Wildman–Crippen MR) is 92.6 cm³/mol. The lowest BCUT2D eigenvalue weighted by atomic mass is 10.1. The van der Waals surface area contributed by atoms with E-state index in [0.717, 1.165) is 63.2 Å². The summed E-state index contributed by atoms with van der Waals surface area (Å²) in [6, 6.07) is 8.92. The number of hydrogen-bond acceptors (Lipinski definition) is 6. The van der Waals surface area contributed by atoms with Crippen LogP contribution in [0.1, 0.15) is 17.8 Å². The van der Waals surface area contributed by atoms with E-state index in [2.05, 4.69) is 44.3 Å². The zero-order chi connectivity index (χ0) is 16.4. The third-order valence-corrected chi connectivity index (χ3v) is 5.09. The molecular formula is C18H25N5O. The molecular weight excluding hydrogens is 302 g/mol. The van der Waals surface area contributed by atoms with Crippen molar-refractivity contribution in [3.8, 4) is 11.5 Å². The smallest absolute Gasteiger partial charge is 0.257 e. The second-order valence-corrected chi connectivity index (χ2v) is 6.84. The topological polar surface area (TPSA) is 57.4 Å². The lowest BCUT2D eigenvalue weighted by Gasteiger charge is -2.37. The Hall–Kier alpha value is -1.76. The summed E-state index contributed by atoms with van der Waals surface area (Å²) in [5.41, 5.74) is 2.21. The van der Waals surface area contributed by atoms with Gasteiger partial charge >= 0.3 is 0 Å². The Morgan fingerprint density at radius 2 is 1.96 bits per heavy atom. The quantitative estimate of drug-likeness (QED) is 0.919. The van der Waals surface area contributed by atoms with Crippen molar-refractivity contribution in [2.24, 2.45) is 0 Å². The van der Waals surface area contributed by atoms with E-state index in [9.17, 15) is 0 Å². The summed E-state index contributed by atoms with van der Waals surface area (Å²) in [6.45, 7) is 9.57. The van der Waals surface area contributed by atoms with Crippen LogP contribution in [0.3, 0.4) is 0 Å². The molecule has 0 radical (unpaired) electrons. The Labute approximate surface area is 142 Å². The van der Waals surface area contributed by atoms with Gasteiger partial charge in [-0.3, -0.25) is 9.80 Å². The van der Waals surface area contributed by atoms with Crippen molar-refractivity contribution >= 4 is 0 Å². The Morgan fingerprint density at radius 1 is 1.17 bits per heavy atom. The van der Waals surface area contributed by atoms with Crippen LogP contribution in [0.25, 0.3) is 11.5 Å². The fourth-order valence-electron chi connectivity index (χ4n) is 3.57. The molecule has 2 aromatic rings. The van der Waals surface area contributed by atoms with E-state index < -0.39 is 0 Å². The first-order valence-corrected chi connectivity index (χ1v) is 8.85. The number of aromatic nitrogens is 2. The Morgan fingerprint density at radius 3 is 2.67 bits per heavy atom.